The van der Waals surface area contributed by atoms with Gasteiger partial charge in [0.1, 0.15) is 5.82 Å². The van der Waals surface area contributed by atoms with Gasteiger partial charge in [-0.25, -0.2) is 4.98 Å². The second-order valence-electron chi connectivity index (χ2n) is 4.71. The van der Waals surface area contributed by atoms with Gasteiger partial charge in [0.25, 0.3) is 0 Å². The molecular formula is C17H16N4. The summed E-state index contributed by atoms with van der Waals surface area (Å²) in [5, 5.41) is 6.50. The first-order valence-corrected chi connectivity index (χ1v) is 6.79. The first-order valence-electron chi connectivity index (χ1n) is 6.79. The van der Waals surface area contributed by atoms with Crippen LogP contribution in [0.25, 0.3) is 0 Å². The summed E-state index contributed by atoms with van der Waals surface area (Å²) in [6.07, 6.45) is 1.81. The Morgan fingerprint density at radius 2 is 1.33 bits per heavy atom. The predicted octanol–water partition coefficient (Wildman–Crippen LogP) is 4.27. The fraction of sp³-hybridized carbons (Fsp3) is 0.0588. The molecule has 1 aromatic heterocycles. The van der Waals surface area contributed by atoms with Gasteiger partial charge in [0.05, 0.1) is 0 Å². The maximum Gasteiger partial charge on any atom is 0.229 e. The van der Waals surface area contributed by atoms with Crippen LogP contribution >= 0.6 is 0 Å². The van der Waals surface area contributed by atoms with Crippen LogP contribution < -0.4 is 10.6 Å². The second kappa shape index (κ2) is 6.05. The van der Waals surface area contributed by atoms with Gasteiger partial charge in [-0.3, -0.25) is 0 Å². The van der Waals surface area contributed by atoms with Crippen molar-refractivity contribution in [3.05, 3.63) is 72.4 Å². The maximum atomic E-state index is 4.53. The summed E-state index contributed by atoms with van der Waals surface area (Å²) >= 11 is 0. The van der Waals surface area contributed by atoms with Crippen LogP contribution in [0, 0.1) is 6.92 Å². The Labute approximate surface area is 123 Å². The number of nitrogens with zero attached hydrogens (tertiary/aromatic N) is 2. The molecule has 4 heteroatoms. The third-order valence-electron chi connectivity index (χ3n) is 3.04. The first-order chi connectivity index (χ1) is 10.3. The Morgan fingerprint density at radius 1 is 0.762 bits per heavy atom. The van der Waals surface area contributed by atoms with Gasteiger partial charge in [0.2, 0.25) is 5.95 Å². The number of hydrogen-bond acceptors (Lipinski definition) is 4. The van der Waals surface area contributed by atoms with Crippen molar-refractivity contribution in [1.29, 1.82) is 0 Å². The van der Waals surface area contributed by atoms with E-state index in [1.807, 2.05) is 73.8 Å². The van der Waals surface area contributed by atoms with Gasteiger partial charge in [-0.1, -0.05) is 36.4 Å². The quantitative estimate of drug-likeness (QED) is 0.747. The fourth-order valence-electron chi connectivity index (χ4n) is 1.94. The van der Waals surface area contributed by atoms with E-state index in [9.17, 15) is 0 Å². The molecule has 0 saturated carbocycles. The van der Waals surface area contributed by atoms with Crippen molar-refractivity contribution >= 4 is 23.1 Å². The molecule has 0 bridgehead atoms. The van der Waals surface area contributed by atoms with E-state index < -0.39 is 0 Å². The average molecular weight is 276 g/mol. The number of anilines is 4. The zero-order chi connectivity index (χ0) is 14.5. The van der Waals surface area contributed by atoms with Crippen LogP contribution in [0.2, 0.25) is 0 Å². The molecule has 1 heterocycles. The Morgan fingerprint density at radius 3 is 1.95 bits per heavy atom. The topological polar surface area (TPSA) is 49.8 Å². The molecule has 0 aliphatic heterocycles. The summed E-state index contributed by atoms with van der Waals surface area (Å²) in [5.74, 6) is 1.37. The zero-order valence-electron chi connectivity index (χ0n) is 11.7. The number of para-hydroxylation sites is 2. The van der Waals surface area contributed by atoms with Gasteiger partial charge in [-0.2, -0.15) is 4.98 Å². The summed E-state index contributed by atoms with van der Waals surface area (Å²) in [6, 6.07) is 19.9. The molecule has 0 amide bonds. The second-order valence-corrected chi connectivity index (χ2v) is 4.71. The molecule has 0 atom stereocenters. The first kappa shape index (κ1) is 13.1. The summed E-state index contributed by atoms with van der Waals surface area (Å²) in [5.41, 5.74) is 2.97. The molecule has 3 rings (SSSR count). The molecule has 0 fully saturated rings. The Balaban J connectivity index is 1.83. The van der Waals surface area contributed by atoms with Crippen LogP contribution in [-0.4, -0.2) is 9.97 Å². The van der Waals surface area contributed by atoms with E-state index in [0.29, 0.717) is 5.95 Å². The number of hydrogen-bond donors (Lipinski definition) is 2. The summed E-state index contributed by atoms with van der Waals surface area (Å²) in [4.78, 5) is 8.84. The van der Waals surface area contributed by atoms with E-state index in [2.05, 4.69) is 20.6 Å². The highest BCUT2D eigenvalue weighted by atomic mass is 15.1. The van der Waals surface area contributed by atoms with Crippen LogP contribution in [-0.2, 0) is 0 Å². The third-order valence-corrected chi connectivity index (χ3v) is 3.04. The van der Waals surface area contributed by atoms with Crippen LogP contribution in [0.1, 0.15) is 5.56 Å². The predicted molar refractivity (Wildman–Crippen MR) is 86.2 cm³/mol. The molecule has 3 aromatic rings. The number of rotatable bonds is 4. The fourth-order valence-corrected chi connectivity index (χ4v) is 1.94. The molecule has 0 radical (unpaired) electrons. The van der Waals surface area contributed by atoms with E-state index in [1.54, 1.807) is 0 Å². The van der Waals surface area contributed by atoms with Crippen molar-refractivity contribution < 1.29 is 0 Å². The molecule has 0 aliphatic rings. The molecule has 0 aliphatic carbocycles. The monoisotopic (exact) mass is 276 g/mol. The van der Waals surface area contributed by atoms with Crippen LogP contribution in [0.3, 0.4) is 0 Å². The van der Waals surface area contributed by atoms with Gasteiger partial charge in [0.15, 0.2) is 0 Å². The van der Waals surface area contributed by atoms with Gasteiger partial charge in [-0.15, -0.1) is 0 Å². The minimum absolute atomic E-state index is 0.574. The standard InChI is InChI=1S/C17H16N4/c1-13-12-18-17(20-15-10-6-3-7-11-15)21-16(13)19-14-8-4-2-5-9-14/h2-12H,1H3,(H2,18,19,20,21). The van der Waals surface area contributed by atoms with Crippen molar-refractivity contribution in [2.45, 2.75) is 6.92 Å². The summed E-state index contributed by atoms with van der Waals surface area (Å²) in [7, 11) is 0. The molecule has 21 heavy (non-hydrogen) atoms. The largest absolute Gasteiger partial charge is 0.340 e. The lowest BCUT2D eigenvalue weighted by molar-refractivity contribution is 1.13. The normalized spacial score (nSPS) is 10.1. The van der Waals surface area contributed by atoms with Crippen LogP contribution in [0.15, 0.2) is 66.9 Å². The van der Waals surface area contributed by atoms with E-state index >= 15 is 0 Å². The van der Waals surface area contributed by atoms with E-state index in [1.165, 1.54) is 0 Å². The molecule has 2 N–H and O–H groups in total. The van der Waals surface area contributed by atoms with Crippen LogP contribution in [0.4, 0.5) is 23.1 Å². The van der Waals surface area contributed by atoms with Gasteiger partial charge >= 0.3 is 0 Å². The van der Waals surface area contributed by atoms with Gasteiger partial charge in [0, 0.05) is 23.1 Å². The SMILES string of the molecule is Cc1cnc(Nc2ccccc2)nc1Nc1ccccc1. The lowest BCUT2D eigenvalue weighted by Crippen LogP contribution is -2.02. The highest BCUT2D eigenvalue weighted by Gasteiger charge is 2.04. The lowest BCUT2D eigenvalue weighted by Gasteiger charge is -2.10. The Kier molecular flexibility index (Phi) is 3.78. The van der Waals surface area contributed by atoms with Gasteiger partial charge < -0.3 is 10.6 Å². The van der Waals surface area contributed by atoms with Crippen molar-refractivity contribution in [3.63, 3.8) is 0 Å². The van der Waals surface area contributed by atoms with E-state index in [-0.39, 0.29) is 0 Å². The molecule has 0 saturated heterocycles. The molecule has 0 spiro atoms. The van der Waals surface area contributed by atoms with Crippen molar-refractivity contribution in [2.24, 2.45) is 0 Å². The number of aromatic nitrogens is 2. The van der Waals surface area contributed by atoms with Crippen LogP contribution in [0.5, 0.6) is 0 Å². The van der Waals surface area contributed by atoms with Crippen molar-refractivity contribution in [2.75, 3.05) is 10.6 Å². The molecule has 104 valence electrons. The van der Waals surface area contributed by atoms with E-state index in [0.717, 1.165) is 22.8 Å². The minimum atomic E-state index is 0.574. The Bertz CT molecular complexity index is 711. The summed E-state index contributed by atoms with van der Waals surface area (Å²) < 4.78 is 0. The number of aryl methyl sites for hydroxylation is 1. The molecule has 4 nitrogen and oxygen atoms in total. The average Bonchev–Trinajstić information content (AvgIpc) is 2.53. The Hall–Kier alpha value is -2.88. The maximum absolute atomic E-state index is 4.53. The molecular weight excluding hydrogens is 260 g/mol. The van der Waals surface area contributed by atoms with Crippen molar-refractivity contribution in [1.82, 2.24) is 9.97 Å². The number of nitrogens with one attached hydrogen (secondary N) is 2. The highest BCUT2D eigenvalue weighted by molar-refractivity contribution is 5.61. The third kappa shape index (κ3) is 3.36. The van der Waals surface area contributed by atoms with Crippen molar-refractivity contribution in [3.8, 4) is 0 Å². The highest BCUT2D eigenvalue weighted by Crippen LogP contribution is 2.20. The van der Waals surface area contributed by atoms with Gasteiger partial charge in [-0.05, 0) is 31.2 Å². The summed E-state index contributed by atoms with van der Waals surface area (Å²) in [6.45, 7) is 1.98. The minimum Gasteiger partial charge on any atom is -0.340 e. The smallest absolute Gasteiger partial charge is 0.229 e. The lowest BCUT2D eigenvalue weighted by atomic mass is 10.3. The van der Waals surface area contributed by atoms with E-state index in [4.69, 9.17) is 0 Å². The molecule has 2 aromatic carbocycles. The number of benzene rings is 2. The molecule has 0 unspecified atom stereocenters. The zero-order valence-corrected chi connectivity index (χ0v) is 11.7.